The molecule has 0 aromatic rings. The van der Waals surface area contributed by atoms with Gasteiger partial charge in [-0.15, -0.1) is 0 Å². The predicted octanol–water partition coefficient (Wildman–Crippen LogP) is 8.22. The molecule has 0 aliphatic carbocycles. The van der Waals surface area contributed by atoms with Crippen molar-refractivity contribution in [1.29, 1.82) is 0 Å². The van der Waals surface area contributed by atoms with Gasteiger partial charge in [0.05, 0.1) is 0 Å². The minimum Gasteiger partial charge on any atom is -0.465 e. The van der Waals surface area contributed by atoms with Crippen molar-refractivity contribution in [2.75, 3.05) is 52.9 Å². The van der Waals surface area contributed by atoms with Crippen molar-refractivity contribution < 1.29 is 76.3 Å². The Morgan fingerprint density at radius 2 is 0.409 bits per heavy atom. The smallest absolute Gasteiger partial charge is 0.330 e. The Kier molecular flexibility index (Phi) is 35.1. The van der Waals surface area contributed by atoms with Crippen LogP contribution in [0.1, 0.15) is 128 Å². The van der Waals surface area contributed by atoms with E-state index in [9.17, 15) is 38.4 Å². The average Bonchev–Trinajstić information content (AvgIpc) is 3.33. The summed E-state index contributed by atoms with van der Waals surface area (Å²) in [6.45, 7) is 17.2. The lowest BCUT2D eigenvalue weighted by Gasteiger charge is -2.31. The van der Waals surface area contributed by atoms with E-state index in [1.807, 2.05) is 0 Å². The molecule has 0 rings (SSSR count). The van der Waals surface area contributed by atoms with Crippen LogP contribution < -0.4 is 0 Å². The highest BCUT2D eigenvalue weighted by Gasteiger charge is 2.39. The predicted molar refractivity (Wildman–Crippen MR) is 246 cm³/mol. The molecule has 0 atom stereocenters. The number of hydrogen-bond acceptors (Lipinski definition) is 16. The van der Waals surface area contributed by atoms with Gasteiger partial charge in [0.25, 0.3) is 0 Å². The molecule has 0 saturated heterocycles. The molecule has 16 heteroatoms. The molecular formula is C50H74O16. The Morgan fingerprint density at radius 1 is 0.258 bits per heavy atom. The van der Waals surface area contributed by atoms with E-state index in [1.54, 1.807) is 0 Å². The summed E-state index contributed by atoms with van der Waals surface area (Å²) in [5.41, 5.74) is -2.70. The van der Waals surface area contributed by atoms with Crippen LogP contribution in [0.5, 0.6) is 0 Å². The second-order valence-electron chi connectivity index (χ2n) is 16.1. The molecule has 0 N–H and O–H groups in total. The lowest BCUT2D eigenvalue weighted by atomic mass is 9.92. The molecule has 0 bridgehead atoms. The summed E-state index contributed by atoms with van der Waals surface area (Å²) in [4.78, 5) is 95.7. The van der Waals surface area contributed by atoms with E-state index < -0.39 is 58.6 Å². The quantitative estimate of drug-likeness (QED) is 0.0244. The van der Waals surface area contributed by atoms with Crippen molar-refractivity contribution in [2.45, 2.75) is 128 Å². The normalized spacial score (nSPS) is 10.8. The summed E-state index contributed by atoms with van der Waals surface area (Å²) >= 11 is 0. The molecule has 0 unspecified atom stereocenters. The number of ether oxygens (including phenoxy) is 8. The van der Waals surface area contributed by atoms with Gasteiger partial charge in [0.1, 0.15) is 63.7 Å². The summed E-state index contributed by atoms with van der Waals surface area (Å²) in [5, 5.41) is 0. The molecular weight excluding hydrogens is 857 g/mol. The van der Waals surface area contributed by atoms with Gasteiger partial charge >= 0.3 is 47.8 Å². The lowest BCUT2D eigenvalue weighted by molar-refractivity contribution is -0.169. The van der Waals surface area contributed by atoms with Crippen LogP contribution in [0.2, 0.25) is 0 Å². The Balaban J connectivity index is 4.21. The maximum absolute atomic E-state index is 12.6. The van der Waals surface area contributed by atoms with Crippen molar-refractivity contribution in [1.82, 2.24) is 0 Å². The van der Waals surface area contributed by atoms with Gasteiger partial charge in [-0.1, -0.05) is 142 Å². The van der Waals surface area contributed by atoms with Crippen molar-refractivity contribution in [3.8, 4) is 0 Å². The van der Waals surface area contributed by atoms with Gasteiger partial charge in [0.15, 0.2) is 0 Å². The zero-order valence-electron chi connectivity index (χ0n) is 39.0. The number of esters is 8. The van der Waals surface area contributed by atoms with E-state index in [0.717, 1.165) is 87.8 Å². The molecule has 0 spiro atoms. The Labute approximate surface area is 391 Å². The fourth-order valence-corrected chi connectivity index (χ4v) is 6.18. The van der Waals surface area contributed by atoms with Gasteiger partial charge in [-0.05, 0) is 12.8 Å². The number of carbonyl (C=O) groups is 8. The summed E-state index contributed by atoms with van der Waals surface area (Å²) < 4.78 is 41.8. The van der Waals surface area contributed by atoms with Gasteiger partial charge in [0.2, 0.25) is 0 Å². The second-order valence-corrected chi connectivity index (χ2v) is 16.1. The van der Waals surface area contributed by atoms with Crippen LogP contribution >= 0.6 is 0 Å². The third-order valence-corrected chi connectivity index (χ3v) is 10.2. The van der Waals surface area contributed by atoms with Crippen LogP contribution in [0, 0.1) is 10.8 Å². The van der Waals surface area contributed by atoms with Crippen molar-refractivity contribution >= 4 is 47.8 Å². The van der Waals surface area contributed by atoms with E-state index in [0.29, 0.717) is 12.8 Å². The number of unbranched alkanes of at least 4 members (excludes halogenated alkanes) is 17. The number of carbonyl (C=O) groups excluding carboxylic acids is 8. The Bertz CT molecular complexity index is 1330. The molecule has 0 aromatic heterocycles. The fraction of sp³-hybridized carbons (Fsp3) is 0.600. The van der Waals surface area contributed by atoms with Crippen LogP contribution in [0.4, 0.5) is 0 Å². The lowest BCUT2D eigenvalue weighted by Crippen LogP contribution is -2.43. The monoisotopic (exact) mass is 930 g/mol. The molecule has 66 heavy (non-hydrogen) atoms. The first kappa shape index (κ1) is 60.2. The Morgan fingerprint density at radius 3 is 0.576 bits per heavy atom. The largest absolute Gasteiger partial charge is 0.465 e. The van der Waals surface area contributed by atoms with Gasteiger partial charge in [-0.25, -0.2) is 28.8 Å². The van der Waals surface area contributed by atoms with Crippen molar-refractivity contribution in [3.05, 3.63) is 75.9 Å². The molecule has 370 valence electrons. The SMILES string of the molecule is C=CC(=O)OCC(COC(=O)C=C)(COC(=O)C=C)COC(=O)CCCCCCCCCCCCCCCCCCCCC(=O)OCC(COC(=O)C=C)(COC(=O)C=C)COC(=O)C=C. The van der Waals surface area contributed by atoms with Gasteiger partial charge in [-0.2, -0.15) is 0 Å². The highest BCUT2D eigenvalue weighted by atomic mass is 16.6. The first-order valence-electron chi connectivity index (χ1n) is 22.8. The zero-order valence-corrected chi connectivity index (χ0v) is 39.0. The standard InChI is InChI=1S/C50H74O16/c1-7-41(51)59-33-49(34-60-42(52)8-2,35-61-43(53)9-3)39-65-47(57)31-29-27-25-23-21-19-17-15-13-14-16-18-20-22-24-26-28-30-32-48(58)66-40-50(36-62-44(54)10-4,37-63-45(55)11-5)38-64-46(56)12-6/h7-12H,1-6,13-40H2. The molecule has 16 nitrogen and oxygen atoms in total. The van der Waals surface area contributed by atoms with Gasteiger partial charge in [0, 0.05) is 49.3 Å². The first-order chi connectivity index (χ1) is 31.7. The molecule has 0 amide bonds. The first-order valence-corrected chi connectivity index (χ1v) is 22.8. The van der Waals surface area contributed by atoms with Gasteiger partial charge in [-0.3, -0.25) is 9.59 Å². The van der Waals surface area contributed by atoms with Crippen LogP contribution in [-0.4, -0.2) is 101 Å². The molecule has 0 aliphatic heterocycles. The van der Waals surface area contributed by atoms with E-state index in [4.69, 9.17) is 37.9 Å². The number of rotatable bonds is 43. The third kappa shape index (κ3) is 32.0. The van der Waals surface area contributed by atoms with Gasteiger partial charge < -0.3 is 37.9 Å². The zero-order chi connectivity index (χ0) is 49.3. The molecule has 0 heterocycles. The van der Waals surface area contributed by atoms with Crippen molar-refractivity contribution in [3.63, 3.8) is 0 Å². The minimum atomic E-state index is -1.35. The van der Waals surface area contributed by atoms with Crippen LogP contribution in [-0.2, 0) is 76.3 Å². The fourth-order valence-electron chi connectivity index (χ4n) is 6.18. The summed E-state index contributed by atoms with van der Waals surface area (Å²) in [6.07, 6.45) is 25.3. The van der Waals surface area contributed by atoms with Crippen LogP contribution in [0.25, 0.3) is 0 Å². The Hall–Kier alpha value is -5.80. The van der Waals surface area contributed by atoms with Crippen LogP contribution in [0.15, 0.2) is 75.9 Å². The van der Waals surface area contributed by atoms with E-state index in [1.165, 1.54) is 51.4 Å². The maximum atomic E-state index is 12.6. The summed E-state index contributed by atoms with van der Waals surface area (Å²) in [5.74, 6) is -5.45. The van der Waals surface area contributed by atoms with Crippen molar-refractivity contribution in [2.24, 2.45) is 10.8 Å². The number of hydrogen-bond donors (Lipinski definition) is 0. The minimum absolute atomic E-state index is 0.184. The third-order valence-electron chi connectivity index (χ3n) is 10.2. The molecule has 0 radical (unpaired) electrons. The van der Waals surface area contributed by atoms with E-state index >= 15 is 0 Å². The average molecular weight is 931 g/mol. The maximum Gasteiger partial charge on any atom is 0.330 e. The highest BCUT2D eigenvalue weighted by Crippen LogP contribution is 2.24. The van der Waals surface area contributed by atoms with E-state index in [2.05, 4.69) is 39.5 Å². The molecule has 0 aliphatic rings. The molecule has 0 fully saturated rings. The summed E-state index contributed by atoms with van der Waals surface area (Å²) in [6, 6.07) is 0. The van der Waals surface area contributed by atoms with Crippen LogP contribution in [0.3, 0.4) is 0 Å². The highest BCUT2D eigenvalue weighted by molar-refractivity contribution is 5.83. The van der Waals surface area contributed by atoms with E-state index in [-0.39, 0.29) is 65.7 Å². The molecule has 0 aromatic carbocycles. The second kappa shape index (κ2) is 38.5. The topological polar surface area (TPSA) is 210 Å². The molecule has 0 saturated carbocycles. The summed E-state index contributed by atoms with van der Waals surface area (Å²) in [7, 11) is 0.